The van der Waals surface area contributed by atoms with Gasteiger partial charge in [0.05, 0.1) is 18.7 Å². The zero-order valence-corrected chi connectivity index (χ0v) is 25.6. The van der Waals surface area contributed by atoms with Gasteiger partial charge in [-0.2, -0.15) is 0 Å². The monoisotopic (exact) mass is 566 g/mol. The Labute approximate surface area is 239 Å². The number of aldehydes is 2. The van der Waals surface area contributed by atoms with E-state index in [1.807, 2.05) is 27.7 Å². The molecule has 1 N–H and O–H groups in total. The maximum absolute atomic E-state index is 13.1. The molecule has 40 heavy (non-hydrogen) atoms. The van der Waals surface area contributed by atoms with Crippen LogP contribution in [0.25, 0.3) is 0 Å². The van der Waals surface area contributed by atoms with Gasteiger partial charge in [0.2, 0.25) is 23.6 Å². The lowest BCUT2D eigenvalue weighted by Gasteiger charge is -2.37. The van der Waals surface area contributed by atoms with Gasteiger partial charge < -0.3 is 29.5 Å². The lowest BCUT2D eigenvalue weighted by atomic mass is 9.91. The van der Waals surface area contributed by atoms with Crippen LogP contribution < -0.4 is 5.32 Å². The first-order valence-corrected chi connectivity index (χ1v) is 14.0. The summed E-state index contributed by atoms with van der Waals surface area (Å²) in [5.41, 5.74) is 0. The van der Waals surface area contributed by atoms with Gasteiger partial charge in [0.15, 0.2) is 0 Å². The largest absolute Gasteiger partial charge is 0.379 e. The molecule has 0 spiro atoms. The van der Waals surface area contributed by atoms with E-state index >= 15 is 0 Å². The zero-order chi connectivity index (χ0) is 30.8. The lowest BCUT2D eigenvalue weighted by Crippen LogP contribution is -2.54. The van der Waals surface area contributed by atoms with Gasteiger partial charge in [0, 0.05) is 53.7 Å². The predicted molar refractivity (Wildman–Crippen MR) is 153 cm³/mol. The molecule has 11 heteroatoms. The van der Waals surface area contributed by atoms with Gasteiger partial charge in [-0.25, -0.2) is 0 Å². The first kappa shape index (κ1) is 36.9. The van der Waals surface area contributed by atoms with Gasteiger partial charge in [-0.1, -0.05) is 40.5 Å². The van der Waals surface area contributed by atoms with Gasteiger partial charge in [-0.15, -0.1) is 0 Å². The van der Waals surface area contributed by atoms with Crippen molar-refractivity contribution >= 4 is 36.2 Å². The fourth-order valence-electron chi connectivity index (χ4n) is 4.69. The average molecular weight is 567 g/mol. The second kappa shape index (κ2) is 19.9. The van der Waals surface area contributed by atoms with Crippen LogP contribution in [0.1, 0.15) is 66.2 Å². The second-order valence-electron chi connectivity index (χ2n) is 10.5. The van der Waals surface area contributed by atoms with E-state index in [1.165, 1.54) is 27.9 Å². The molecule has 0 heterocycles. The Kier molecular flexibility index (Phi) is 18.4. The molecule has 4 amide bonds. The Bertz CT molecular complexity index is 861. The molecule has 0 aliphatic heterocycles. The van der Waals surface area contributed by atoms with Crippen molar-refractivity contribution in [3.8, 4) is 0 Å². The third-order valence-corrected chi connectivity index (χ3v) is 7.28. The molecule has 0 aromatic rings. The number of carbonyl (C=O) groups is 6. The molecule has 0 saturated carbocycles. The maximum Gasteiger partial charge on any atom is 0.246 e. The Morgan fingerprint density at radius 3 is 2.10 bits per heavy atom. The van der Waals surface area contributed by atoms with E-state index in [0.717, 1.165) is 25.2 Å². The van der Waals surface area contributed by atoms with E-state index in [0.29, 0.717) is 25.7 Å². The second-order valence-corrected chi connectivity index (χ2v) is 10.5. The van der Waals surface area contributed by atoms with E-state index < -0.39 is 18.1 Å². The first-order valence-electron chi connectivity index (χ1n) is 14.0. The van der Waals surface area contributed by atoms with Gasteiger partial charge in [0.25, 0.3) is 0 Å². The molecule has 0 aromatic carbocycles. The molecule has 0 aliphatic rings. The van der Waals surface area contributed by atoms with E-state index in [-0.39, 0.29) is 55.0 Å². The molecule has 0 radical (unpaired) electrons. The fourth-order valence-corrected chi connectivity index (χ4v) is 4.69. The number of nitrogens with one attached hydrogen (secondary N) is 1. The van der Waals surface area contributed by atoms with Crippen molar-refractivity contribution in [2.24, 2.45) is 11.8 Å². The molecule has 0 bridgehead atoms. The van der Waals surface area contributed by atoms with Crippen LogP contribution in [0, 0.1) is 11.8 Å². The lowest BCUT2D eigenvalue weighted by molar-refractivity contribution is -0.142. The number of ether oxygens (including phenoxy) is 1. The molecule has 0 unspecified atom stereocenters. The number of amides is 4. The average Bonchev–Trinajstić information content (AvgIpc) is 2.92. The molecule has 11 nitrogen and oxygen atoms in total. The van der Waals surface area contributed by atoms with Crippen molar-refractivity contribution in [2.45, 2.75) is 84.4 Å². The number of hydrogen-bond donors (Lipinski definition) is 1. The predicted octanol–water partition coefficient (Wildman–Crippen LogP) is 1.84. The Morgan fingerprint density at radius 2 is 1.57 bits per heavy atom. The van der Waals surface area contributed by atoms with Crippen LogP contribution in [0.15, 0.2) is 12.2 Å². The normalized spacial score (nSPS) is 14.2. The minimum absolute atomic E-state index is 0.0712. The molecule has 228 valence electrons. The molecule has 0 aromatic heterocycles. The highest BCUT2D eigenvalue weighted by Crippen LogP contribution is 2.21. The molecular formula is C29H50N4O7. The number of allylic oxidation sites excluding steroid dienone is 1. The number of rotatable bonds is 20. The van der Waals surface area contributed by atoms with Crippen molar-refractivity contribution in [1.82, 2.24) is 20.0 Å². The summed E-state index contributed by atoms with van der Waals surface area (Å²) in [7, 11) is 6.40. The van der Waals surface area contributed by atoms with Gasteiger partial charge in [-0.05, 0) is 30.8 Å². The van der Waals surface area contributed by atoms with Gasteiger partial charge in [0.1, 0.15) is 18.6 Å². The number of hydrogen-bond acceptors (Lipinski definition) is 7. The third kappa shape index (κ3) is 12.4. The number of likely N-dealkylation sites (N-methyl/N-ethyl adjacent to an activating group) is 3. The van der Waals surface area contributed by atoms with Crippen LogP contribution in [0.3, 0.4) is 0 Å². The maximum atomic E-state index is 13.1. The number of nitrogens with zero attached hydrogens (tertiary/aromatic N) is 3. The van der Waals surface area contributed by atoms with Crippen molar-refractivity contribution < 1.29 is 33.5 Å². The quantitative estimate of drug-likeness (QED) is 0.135. The van der Waals surface area contributed by atoms with Crippen LogP contribution >= 0.6 is 0 Å². The van der Waals surface area contributed by atoms with E-state index in [4.69, 9.17) is 4.74 Å². The SMILES string of the molecule is CC[C@H](C)[C@@H]([C@@H](CC=O)OC)N(C)C(=O)CNC(=O)[C@H](C(C)C)N(C)C(=O)CCCCCN(C)C(=O)/C=C\C=O. The standard InChI is InChI=1S/C29H50N4O7/c1-9-22(4)28(23(40-8)16-19-35)33(7)26(38)20-30-29(39)27(21(2)3)32(6)25(37)14-11-10-12-17-31(5)24(36)15-13-18-34/h13,15,18-19,21-23,27-28H,9-12,14,16-17,20H2,1-8H3,(H,30,39)/b15-13-/t22-,23+,27-,28-/m0/s1. The third-order valence-electron chi connectivity index (χ3n) is 7.28. The number of unbranched alkanes of at least 4 members (excludes halogenated alkanes) is 2. The molecule has 0 aliphatic carbocycles. The minimum Gasteiger partial charge on any atom is -0.379 e. The van der Waals surface area contributed by atoms with E-state index in [1.54, 1.807) is 21.1 Å². The highest BCUT2D eigenvalue weighted by molar-refractivity contribution is 5.91. The van der Waals surface area contributed by atoms with Gasteiger partial charge in [-0.3, -0.25) is 24.0 Å². The highest BCUT2D eigenvalue weighted by Gasteiger charge is 2.34. The summed E-state index contributed by atoms with van der Waals surface area (Å²) >= 11 is 0. The van der Waals surface area contributed by atoms with Crippen LogP contribution in [0.5, 0.6) is 0 Å². The summed E-state index contributed by atoms with van der Waals surface area (Å²) in [6, 6.07) is -1.08. The Hall–Kier alpha value is -3.08. The summed E-state index contributed by atoms with van der Waals surface area (Å²) in [5.74, 6) is -1.26. The fraction of sp³-hybridized carbons (Fsp3) is 0.724. The summed E-state index contributed by atoms with van der Waals surface area (Å²) in [6.45, 7) is 7.94. The summed E-state index contributed by atoms with van der Waals surface area (Å²) in [4.78, 5) is 76.7. The molecule has 4 atom stereocenters. The van der Waals surface area contributed by atoms with Crippen molar-refractivity contribution in [1.29, 1.82) is 0 Å². The van der Waals surface area contributed by atoms with Crippen molar-refractivity contribution in [2.75, 3.05) is 41.3 Å². The van der Waals surface area contributed by atoms with Crippen molar-refractivity contribution in [3.63, 3.8) is 0 Å². The smallest absolute Gasteiger partial charge is 0.246 e. The number of methoxy groups -OCH3 is 1. The Balaban J connectivity index is 5.00. The summed E-state index contributed by atoms with van der Waals surface area (Å²) < 4.78 is 5.50. The van der Waals surface area contributed by atoms with Crippen LogP contribution in [-0.4, -0.2) is 110 Å². The minimum atomic E-state index is -0.744. The van der Waals surface area contributed by atoms with Crippen LogP contribution in [0.2, 0.25) is 0 Å². The molecule has 0 saturated heterocycles. The molecule has 0 rings (SSSR count). The number of carbonyl (C=O) groups excluding carboxylic acids is 6. The van der Waals surface area contributed by atoms with E-state index in [2.05, 4.69) is 5.32 Å². The van der Waals surface area contributed by atoms with E-state index in [9.17, 15) is 28.8 Å². The summed E-state index contributed by atoms with van der Waals surface area (Å²) in [5, 5.41) is 2.70. The van der Waals surface area contributed by atoms with Gasteiger partial charge >= 0.3 is 0 Å². The topological polar surface area (TPSA) is 133 Å². The van der Waals surface area contributed by atoms with Crippen LogP contribution in [-0.2, 0) is 33.5 Å². The van der Waals surface area contributed by atoms with Crippen molar-refractivity contribution in [3.05, 3.63) is 12.2 Å². The van der Waals surface area contributed by atoms with Crippen LogP contribution in [0.4, 0.5) is 0 Å². The Morgan fingerprint density at radius 1 is 0.925 bits per heavy atom. The molecular weight excluding hydrogens is 516 g/mol. The highest BCUT2D eigenvalue weighted by atomic mass is 16.5. The summed E-state index contributed by atoms with van der Waals surface area (Å²) in [6.07, 6.45) is 6.45. The first-order chi connectivity index (χ1) is 18.9. The molecule has 0 fully saturated rings. The zero-order valence-electron chi connectivity index (χ0n) is 25.6.